The monoisotopic (exact) mass is 255 g/mol. The molecular weight excluding hydrogens is 233 g/mol. The number of aliphatic hydroxyl groups is 1. The predicted molar refractivity (Wildman–Crippen MR) is 70.3 cm³/mol. The van der Waals surface area contributed by atoms with Gasteiger partial charge in [0, 0.05) is 17.6 Å². The van der Waals surface area contributed by atoms with Crippen LogP contribution in [0.1, 0.15) is 39.3 Å². The van der Waals surface area contributed by atoms with E-state index in [2.05, 4.69) is 5.32 Å². The third-order valence-electron chi connectivity index (χ3n) is 3.22. The Bertz CT molecular complexity index is 401. The largest absolute Gasteiger partial charge is 0.496 e. The summed E-state index contributed by atoms with van der Waals surface area (Å²) in [5, 5.41) is 13.1. The average molecular weight is 255 g/mol. The van der Waals surface area contributed by atoms with Crippen molar-refractivity contribution >= 4 is 0 Å². The number of ether oxygens (including phenoxy) is 1. The number of halogens is 1. The fourth-order valence-corrected chi connectivity index (χ4v) is 1.71. The third-order valence-corrected chi connectivity index (χ3v) is 3.22. The molecule has 0 fully saturated rings. The molecule has 0 aromatic heterocycles. The van der Waals surface area contributed by atoms with Crippen LogP contribution in [-0.2, 0) is 0 Å². The molecule has 0 aliphatic heterocycles. The van der Waals surface area contributed by atoms with E-state index in [-0.39, 0.29) is 17.9 Å². The molecule has 0 amide bonds. The Balaban J connectivity index is 2.90. The summed E-state index contributed by atoms with van der Waals surface area (Å²) in [6.45, 7) is 7.28. The molecule has 0 radical (unpaired) electrons. The van der Waals surface area contributed by atoms with Crippen LogP contribution in [0, 0.1) is 5.82 Å². The smallest absolute Gasteiger partial charge is 0.123 e. The topological polar surface area (TPSA) is 41.5 Å². The lowest BCUT2D eigenvalue weighted by molar-refractivity contribution is 0.0404. The molecule has 0 aliphatic rings. The normalized spacial score (nSPS) is 15.3. The van der Waals surface area contributed by atoms with Gasteiger partial charge in [0.1, 0.15) is 11.6 Å². The minimum absolute atomic E-state index is 0.114. The van der Waals surface area contributed by atoms with Crippen LogP contribution in [0.5, 0.6) is 5.75 Å². The zero-order valence-corrected chi connectivity index (χ0v) is 11.6. The number of hydrogen-bond donors (Lipinski definition) is 2. The van der Waals surface area contributed by atoms with Gasteiger partial charge < -0.3 is 15.2 Å². The summed E-state index contributed by atoms with van der Waals surface area (Å²) >= 11 is 0. The summed E-state index contributed by atoms with van der Waals surface area (Å²) in [7, 11) is 1.56. The van der Waals surface area contributed by atoms with Crippen molar-refractivity contribution in [3.05, 3.63) is 29.6 Å². The van der Waals surface area contributed by atoms with E-state index in [1.165, 1.54) is 12.1 Å². The van der Waals surface area contributed by atoms with E-state index in [9.17, 15) is 9.50 Å². The maximum atomic E-state index is 13.3. The van der Waals surface area contributed by atoms with Gasteiger partial charge in [0.2, 0.25) is 0 Å². The summed E-state index contributed by atoms with van der Waals surface area (Å²) in [5.41, 5.74) is -0.0944. The van der Waals surface area contributed by atoms with Crippen LogP contribution in [-0.4, -0.2) is 23.9 Å². The molecule has 2 N–H and O–H groups in total. The van der Waals surface area contributed by atoms with Gasteiger partial charge in [0.25, 0.3) is 0 Å². The number of nitrogens with one attached hydrogen (secondary N) is 1. The van der Waals surface area contributed by atoms with Crippen LogP contribution in [0.15, 0.2) is 18.2 Å². The van der Waals surface area contributed by atoms with E-state index >= 15 is 0 Å². The van der Waals surface area contributed by atoms with Gasteiger partial charge in [0.15, 0.2) is 0 Å². The molecule has 2 unspecified atom stereocenters. The van der Waals surface area contributed by atoms with E-state index < -0.39 is 5.60 Å². The second-order valence-electron chi connectivity index (χ2n) is 5.15. The van der Waals surface area contributed by atoms with E-state index in [0.717, 1.165) is 5.56 Å². The van der Waals surface area contributed by atoms with Gasteiger partial charge >= 0.3 is 0 Å². The highest BCUT2D eigenvalue weighted by atomic mass is 19.1. The molecule has 2 atom stereocenters. The zero-order chi connectivity index (χ0) is 13.9. The van der Waals surface area contributed by atoms with Crippen molar-refractivity contribution in [2.24, 2.45) is 0 Å². The molecule has 4 heteroatoms. The van der Waals surface area contributed by atoms with Gasteiger partial charge in [-0.25, -0.2) is 4.39 Å². The first-order valence-electron chi connectivity index (χ1n) is 6.07. The Hall–Kier alpha value is -1.13. The lowest BCUT2D eigenvalue weighted by atomic mass is 9.98. The SMILES string of the molecule is COc1ccc(F)cc1C(C)NC(C)C(C)(C)O. The standard InChI is InChI=1S/C14H22FNO2/c1-9(16-10(2)14(3,4)17)12-8-11(15)6-7-13(12)18-5/h6-10,16-17H,1-5H3. The van der Waals surface area contributed by atoms with Crippen LogP contribution in [0.4, 0.5) is 4.39 Å². The number of methoxy groups -OCH3 is 1. The maximum absolute atomic E-state index is 13.3. The van der Waals surface area contributed by atoms with Crippen LogP contribution < -0.4 is 10.1 Å². The third kappa shape index (κ3) is 3.68. The van der Waals surface area contributed by atoms with E-state index in [1.54, 1.807) is 27.0 Å². The molecule has 0 spiro atoms. The first-order chi connectivity index (χ1) is 8.25. The fourth-order valence-electron chi connectivity index (χ4n) is 1.71. The van der Waals surface area contributed by atoms with Gasteiger partial charge in [0.05, 0.1) is 12.7 Å². The molecule has 18 heavy (non-hydrogen) atoms. The van der Waals surface area contributed by atoms with Gasteiger partial charge in [-0.2, -0.15) is 0 Å². The second kappa shape index (κ2) is 5.67. The Morgan fingerprint density at radius 1 is 1.33 bits per heavy atom. The van der Waals surface area contributed by atoms with Gasteiger partial charge in [-0.1, -0.05) is 0 Å². The first-order valence-corrected chi connectivity index (χ1v) is 6.07. The van der Waals surface area contributed by atoms with Crippen molar-refractivity contribution in [1.82, 2.24) is 5.32 Å². The van der Waals surface area contributed by atoms with Crippen molar-refractivity contribution in [3.63, 3.8) is 0 Å². The Morgan fingerprint density at radius 3 is 2.44 bits per heavy atom. The van der Waals surface area contributed by atoms with E-state index in [4.69, 9.17) is 4.74 Å². The maximum Gasteiger partial charge on any atom is 0.123 e. The molecular formula is C14H22FNO2. The molecule has 0 bridgehead atoms. The van der Waals surface area contributed by atoms with Crippen LogP contribution >= 0.6 is 0 Å². The van der Waals surface area contributed by atoms with E-state index in [0.29, 0.717) is 5.75 Å². The highest BCUT2D eigenvalue weighted by Gasteiger charge is 2.24. The summed E-state index contributed by atoms with van der Waals surface area (Å²) < 4.78 is 18.5. The Morgan fingerprint density at radius 2 is 1.94 bits per heavy atom. The molecule has 3 nitrogen and oxygen atoms in total. The molecule has 0 heterocycles. The molecule has 1 aromatic carbocycles. The fraction of sp³-hybridized carbons (Fsp3) is 0.571. The minimum Gasteiger partial charge on any atom is -0.496 e. The highest BCUT2D eigenvalue weighted by Crippen LogP contribution is 2.26. The summed E-state index contributed by atoms with van der Waals surface area (Å²) in [5.74, 6) is 0.342. The minimum atomic E-state index is -0.838. The lowest BCUT2D eigenvalue weighted by Crippen LogP contribution is -2.45. The molecule has 1 rings (SSSR count). The first kappa shape index (κ1) is 14.9. The highest BCUT2D eigenvalue weighted by molar-refractivity contribution is 5.36. The zero-order valence-electron chi connectivity index (χ0n) is 11.6. The van der Waals surface area contributed by atoms with Crippen molar-refractivity contribution in [2.75, 3.05) is 7.11 Å². The Labute approximate surface area is 108 Å². The average Bonchev–Trinajstić information content (AvgIpc) is 2.27. The van der Waals surface area contributed by atoms with Crippen molar-refractivity contribution in [1.29, 1.82) is 0 Å². The lowest BCUT2D eigenvalue weighted by Gasteiger charge is -2.30. The van der Waals surface area contributed by atoms with Gasteiger partial charge in [-0.15, -0.1) is 0 Å². The van der Waals surface area contributed by atoms with Crippen LogP contribution in [0.2, 0.25) is 0 Å². The van der Waals surface area contributed by atoms with Crippen LogP contribution in [0.3, 0.4) is 0 Å². The summed E-state index contributed by atoms with van der Waals surface area (Å²) in [6, 6.07) is 4.19. The van der Waals surface area contributed by atoms with Crippen molar-refractivity contribution < 1.29 is 14.2 Å². The molecule has 1 aromatic rings. The quantitative estimate of drug-likeness (QED) is 0.850. The van der Waals surface area contributed by atoms with Crippen molar-refractivity contribution in [2.45, 2.75) is 45.4 Å². The van der Waals surface area contributed by atoms with E-state index in [1.807, 2.05) is 13.8 Å². The molecule has 0 saturated carbocycles. The van der Waals surface area contributed by atoms with Gasteiger partial charge in [-0.05, 0) is 45.9 Å². The Kier molecular flexibility index (Phi) is 4.71. The summed E-state index contributed by atoms with van der Waals surface area (Å²) in [4.78, 5) is 0. The molecule has 0 aliphatic carbocycles. The van der Waals surface area contributed by atoms with Gasteiger partial charge in [-0.3, -0.25) is 0 Å². The number of benzene rings is 1. The second-order valence-corrected chi connectivity index (χ2v) is 5.15. The van der Waals surface area contributed by atoms with Crippen LogP contribution in [0.25, 0.3) is 0 Å². The van der Waals surface area contributed by atoms with Crippen molar-refractivity contribution in [3.8, 4) is 5.75 Å². The number of hydrogen-bond acceptors (Lipinski definition) is 3. The molecule has 102 valence electrons. The molecule has 0 saturated heterocycles. The number of rotatable bonds is 5. The summed E-state index contributed by atoms with van der Waals surface area (Å²) in [6.07, 6.45) is 0. The predicted octanol–water partition coefficient (Wildman–Crippen LogP) is 2.64.